The first-order valence-corrected chi connectivity index (χ1v) is 8.65. The molecule has 2 rings (SSSR count). The van der Waals surface area contributed by atoms with Gasteiger partial charge in [0.05, 0.1) is 0 Å². The summed E-state index contributed by atoms with van der Waals surface area (Å²) >= 11 is 0. The summed E-state index contributed by atoms with van der Waals surface area (Å²) in [7, 11) is 0. The number of benzene rings is 1. The summed E-state index contributed by atoms with van der Waals surface area (Å²) in [6, 6.07) is 10.6. The van der Waals surface area contributed by atoms with Crippen molar-refractivity contribution in [3.05, 3.63) is 35.9 Å². The van der Waals surface area contributed by atoms with Gasteiger partial charge in [0, 0.05) is 19.6 Å². The second-order valence-corrected chi connectivity index (χ2v) is 7.45. The van der Waals surface area contributed by atoms with Gasteiger partial charge in [-0.2, -0.15) is 0 Å². The number of ether oxygens (including phenoxy) is 1. The largest absolute Gasteiger partial charge is 0.444 e. The van der Waals surface area contributed by atoms with Crippen molar-refractivity contribution in [1.82, 2.24) is 10.2 Å². The van der Waals surface area contributed by atoms with Crippen molar-refractivity contribution in [3.8, 4) is 0 Å². The molecular weight excluding hydrogens is 288 g/mol. The number of nitrogens with zero attached hydrogens (tertiary/aromatic N) is 1. The fourth-order valence-electron chi connectivity index (χ4n) is 3.06. The zero-order valence-corrected chi connectivity index (χ0v) is 14.7. The molecule has 0 saturated carbocycles. The minimum Gasteiger partial charge on any atom is -0.444 e. The van der Waals surface area contributed by atoms with Crippen LogP contribution in [0.3, 0.4) is 0 Å². The zero-order valence-electron chi connectivity index (χ0n) is 14.7. The molecule has 1 aromatic carbocycles. The van der Waals surface area contributed by atoms with Crippen LogP contribution in [0, 0.1) is 5.92 Å². The number of likely N-dealkylation sites (tertiary alicyclic amines) is 1. The second kappa shape index (κ2) is 8.34. The average molecular weight is 318 g/mol. The monoisotopic (exact) mass is 318 g/mol. The highest BCUT2D eigenvalue weighted by Crippen LogP contribution is 2.21. The van der Waals surface area contributed by atoms with Crippen molar-refractivity contribution < 1.29 is 9.53 Å². The third-order valence-corrected chi connectivity index (χ3v) is 4.07. The fraction of sp³-hybridized carbons (Fsp3) is 0.632. The number of carbonyl (C=O) groups excluding carboxylic acids is 1. The molecule has 1 aliphatic rings. The summed E-state index contributed by atoms with van der Waals surface area (Å²) in [5, 5.41) is 2.87. The average Bonchev–Trinajstić information content (AvgIpc) is 2.47. The number of nitrogens with one attached hydrogen (secondary N) is 1. The van der Waals surface area contributed by atoms with E-state index in [2.05, 4.69) is 40.5 Å². The molecule has 0 aliphatic carbocycles. The van der Waals surface area contributed by atoms with Crippen LogP contribution in [-0.2, 0) is 11.3 Å². The van der Waals surface area contributed by atoms with E-state index in [1.165, 1.54) is 24.9 Å². The lowest BCUT2D eigenvalue weighted by Gasteiger charge is -2.33. The van der Waals surface area contributed by atoms with Crippen molar-refractivity contribution in [2.24, 2.45) is 5.92 Å². The van der Waals surface area contributed by atoms with E-state index < -0.39 is 5.60 Å². The summed E-state index contributed by atoms with van der Waals surface area (Å²) in [4.78, 5) is 14.2. The normalized spacial score (nSPS) is 19.3. The standard InChI is InChI=1S/C19H30N2O2/c1-19(2,3)23-18(22)20-12-11-17-10-7-13-21(15-17)14-16-8-5-4-6-9-16/h4-6,8-9,17H,7,10-15H2,1-3H3,(H,20,22). The Morgan fingerprint density at radius 2 is 2.04 bits per heavy atom. The molecule has 128 valence electrons. The smallest absolute Gasteiger partial charge is 0.407 e. The Morgan fingerprint density at radius 1 is 1.30 bits per heavy atom. The molecule has 1 fully saturated rings. The number of carbonyl (C=O) groups is 1. The molecule has 4 heteroatoms. The molecule has 1 aliphatic heterocycles. The topological polar surface area (TPSA) is 41.6 Å². The Morgan fingerprint density at radius 3 is 2.74 bits per heavy atom. The first kappa shape index (κ1) is 17.8. The molecular formula is C19H30N2O2. The van der Waals surface area contributed by atoms with E-state index in [0.29, 0.717) is 12.5 Å². The van der Waals surface area contributed by atoms with Crippen LogP contribution in [0.5, 0.6) is 0 Å². The number of hydrogen-bond donors (Lipinski definition) is 1. The van der Waals surface area contributed by atoms with Gasteiger partial charge in [-0.1, -0.05) is 30.3 Å². The number of amides is 1. The van der Waals surface area contributed by atoms with Gasteiger partial charge >= 0.3 is 6.09 Å². The Bertz CT molecular complexity index is 482. The maximum atomic E-state index is 11.7. The van der Waals surface area contributed by atoms with Crippen LogP contribution >= 0.6 is 0 Å². The van der Waals surface area contributed by atoms with E-state index in [1.54, 1.807) is 0 Å². The van der Waals surface area contributed by atoms with Crippen LogP contribution in [0.1, 0.15) is 45.6 Å². The summed E-state index contributed by atoms with van der Waals surface area (Å²) in [5.74, 6) is 0.655. The van der Waals surface area contributed by atoms with Crippen molar-refractivity contribution >= 4 is 6.09 Å². The highest BCUT2D eigenvalue weighted by molar-refractivity contribution is 5.67. The molecule has 0 spiro atoms. The molecule has 0 radical (unpaired) electrons. The minimum absolute atomic E-state index is 0.311. The molecule has 4 nitrogen and oxygen atoms in total. The van der Waals surface area contributed by atoms with Gasteiger partial charge in [-0.05, 0) is 58.1 Å². The first-order valence-electron chi connectivity index (χ1n) is 8.65. The Balaban J connectivity index is 1.69. The minimum atomic E-state index is -0.429. The third-order valence-electron chi connectivity index (χ3n) is 4.07. The SMILES string of the molecule is CC(C)(C)OC(=O)NCCC1CCCN(Cc2ccccc2)C1. The van der Waals surface area contributed by atoms with Crippen LogP contribution in [-0.4, -0.2) is 36.2 Å². The van der Waals surface area contributed by atoms with E-state index in [4.69, 9.17) is 4.74 Å². The van der Waals surface area contributed by atoms with Crippen molar-refractivity contribution in [1.29, 1.82) is 0 Å². The van der Waals surface area contributed by atoms with Gasteiger partial charge in [0.2, 0.25) is 0 Å². The summed E-state index contributed by atoms with van der Waals surface area (Å²) < 4.78 is 5.27. The van der Waals surface area contributed by atoms with E-state index in [9.17, 15) is 4.79 Å². The molecule has 1 heterocycles. The molecule has 1 saturated heterocycles. The fourth-order valence-corrected chi connectivity index (χ4v) is 3.06. The molecule has 0 bridgehead atoms. The van der Waals surface area contributed by atoms with E-state index in [-0.39, 0.29) is 6.09 Å². The van der Waals surface area contributed by atoms with E-state index in [1.807, 2.05) is 20.8 Å². The van der Waals surface area contributed by atoms with Gasteiger partial charge in [0.25, 0.3) is 0 Å². The molecule has 1 aromatic rings. The molecule has 1 unspecified atom stereocenters. The maximum Gasteiger partial charge on any atom is 0.407 e. The lowest BCUT2D eigenvalue weighted by Crippen LogP contribution is -2.37. The van der Waals surface area contributed by atoms with E-state index in [0.717, 1.165) is 19.5 Å². The predicted octanol–water partition coefficient (Wildman–Crippen LogP) is 3.81. The lowest BCUT2D eigenvalue weighted by molar-refractivity contribution is 0.0521. The zero-order chi connectivity index (χ0) is 16.7. The van der Waals surface area contributed by atoms with Gasteiger partial charge in [0.1, 0.15) is 5.60 Å². The number of hydrogen-bond acceptors (Lipinski definition) is 3. The van der Waals surface area contributed by atoms with Gasteiger partial charge in [-0.25, -0.2) is 4.79 Å². The third kappa shape index (κ3) is 7.04. The van der Waals surface area contributed by atoms with Crippen molar-refractivity contribution in [2.75, 3.05) is 19.6 Å². The molecule has 0 aromatic heterocycles. The van der Waals surface area contributed by atoms with E-state index >= 15 is 0 Å². The van der Waals surface area contributed by atoms with Crippen LogP contribution in [0.15, 0.2) is 30.3 Å². The first-order chi connectivity index (χ1) is 10.9. The molecule has 1 atom stereocenters. The van der Waals surface area contributed by atoms with Gasteiger partial charge < -0.3 is 10.1 Å². The Labute approximate surface area is 140 Å². The van der Waals surface area contributed by atoms with Gasteiger partial charge in [-0.15, -0.1) is 0 Å². The van der Waals surface area contributed by atoms with Crippen molar-refractivity contribution in [2.45, 2.75) is 52.2 Å². The summed E-state index contributed by atoms with van der Waals surface area (Å²) in [6.45, 7) is 9.66. The quantitative estimate of drug-likeness (QED) is 0.897. The summed E-state index contributed by atoms with van der Waals surface area (Å²) in [6.07, 6.45) is 3.20. The maximum absolute atomic E-state index is 11.7. The number of piperidine rings is 1. The lowest BCUT2D eigenvalue weighted by atomic mass is 9.94. The van der Waals surface area contributed by atoms with Gasteiger partial charge in [0.15, 0.2) is 0 Å². The highest BCUT2D eigenvalue weighted by Gasteiger charge is 2.20. The van der Waals surface area contributed by atoms with Crippen molar-refractivity contribution in [3.63, 3.8) is 0 Å². The van der Waals surface area contributed by atoms with Gasteiger partial charge in [-0.3, -0.25) is 4.90 Å². The van der Waals surface area contributed by atoms with Crippen LogP contribution in [0.4, 0.5) is 4.79 Å². The highest BCUT2D eigenvalue weighted by atomic mass is 16.6. The Hall–Kier alpha value is -1.55. The Kier molecular flexibility index (Phi) is 6.46. The molecule has 1 amide bonds. The van der Waals surface area contributed by atoms with Crippen LogP contribution in [0.25, 0.3) is 0 Å². The van der Waals surface area contributed by atoms with Crippen LogP contribution < -0.4 is 5.32 Å². The van der Waals surface area contributed by atoms with Crippen LogP contribution in [0.2, 0.25) is 0 Å². The molecule has 23 heavy (non-hydrogen) atoms. The summed E-state index contributed by atoms with van der Waals surface area (Å²) in [5.41, 5.74) is 0.946. The predicted molar refractivity (Wildman–Crippen MR) is 93.3 cm³/mol. The number of rotatable bonds is 5. The number of alkyl carbamates (subject to hydrolysis) is 1. The molecule has 1 N–H and O–H groups in total. The second-order valence-electron chi connectivity index (χ2n) is 7.45.